The van der Waals surface area contributed by atoms with Crippen molar-refractivity contribution in [2.75, 3.05) is 19.6 Å². The number of nitrogens with zero attached hydrogens (tertiary/aromatic N) is 3. The van der Waals surface area contributed by atoms with Crippen LogP contribution in [0, 0.1) is 0 Å². The van der Waals surface area contributed by atoms with Crippen LogP contribution in [0.4, 0.5) is 0 Å². The van der Waals surface area contributed by atoms with Crippen molar-refractivity contribution >= 4 is 21.3 Å². The highest BCUT2D eigenvalue weighted by Gasteiger charge is 2.56. The predicted octanol–water partition coefficient (Wildman–Crippen LogP) is 0.849. The fourth-order valence-corrected chi connectivity index (χ4v) is 4.87. The van der Waals surface area contributed by atoms with Gasteiger partial charge in [-0.05, 0) is 26.7 Å². The zero-order valence-corrected chi connectivity index (χ0v) is 18.8. The first kappa shape index (κ1) is 21.7. The van der Waals surface area contributed by atoms with Crippen molar-refractivity contribution in [1.29, 1.82) is 0 Å². The van der Waals surface area contributed by atoms with Crippen molar-refractivity contribution in [3.63, 3.8) is 0 Å². The van der Waals surface area contributed by atoms with Crippen LogP contribution in [0.5, 0.6) is 5.75 Å². The Balaban J connectivity index is 1.67. The van der Waals surface area contributed by atoms with Gasteiger partial charge in [-0.1, -0.05) is 23.8 Å². The van der Waals surface area contributed by atoms with E-state index in [4.69, 9.17) is 4.52 Å². The summed E-state index contributed by atoms with van der Waals surface area (Å²) in [5.41, 5.74) is -0.740. The summed E-state index contributed by atoms with van der Waals surface area (Å²) >= 11 is 0. The number of fused-ring (bicyclic) bond motifs is 4. The van der Waals surface area contributed by atoms with Gasteiger partial charge in [-0.25, -0.2) is 0 Å². The van der Waals surface area contributed by atoms with E-state index in [-0.39, 0.29) is 42.2 Å². The van der Waals surface area contributed by atoms with E-state index in [1.54, 1.807) is 9.47 Å². The Hall–Kier alpha value is -2.48. The molecule has 0 radical (unpaired) electrons. The largest absolute Gasteiger partial charge is 0.474 e. The molecule has 0 spiro atoms. The number of aromatic nitrogens is 1. The molecule has 2 amide bonds. The first-order valence-corrected chi connectivity index (χ1v) is 10.8. The summed E-state index contributed by atoms with van der Waals surface area (Å²) in [4.78, 5) is 42.5. The molecular formula is C21H27N4O5P. The van der Waals surface area contributed by atoms with Crippen molar-refractivity contribution < 1.29 is 19.2 Å². The van der Waals surface area contributed by atoms with Gasteiger partial charge in [-0.2, -0.15) is 0 Å². The molecule has 2 N–H and O–H groups in total. The van der Waals surface area contributed by atoms with Gasteiger partial charge in [-0.3, -0.25) is 19.3 Å². The van der Waals surface area contributed by atoms with Crippen LogP contribution in [-0.2, 0) is 6.54 Å². The fourth-order valence-electron chi connectivity index (χ4n) is 4.65. The zero-order valence-electron chi connectivity index (χ0n) is 17.6. The second-order valence-electron chi connectivity index (χ2n) is 8.23. The van der Waals surface area contributed by atoms with E-state index in [1.807, 2.05) is 46.4 Å². The molecule has 166 valence electrons. The maximum atomic E-state index is 13.2. The molecule has 3 aliphatic rings. The molecule has 0 aromatic carbocycles. The molecule has 4 rings (SSSR count). The lowest BCUT2D eigenvalue weighted by atomic mass is 10.1. The van der Waals surface area contributed by atoms with Crippen LogP contribution in [-0.4, -0.2) is 62.8 Å². The number of carbonyl (C=O) groups is 2. The Labute approximate surface area is 182 Å². The van der Waals surface area contributed by atoms with E-state index in [0.717, 1.165) is 12.0 Å². The number of nitrogens with one attached hydrogen (secondary N) is 1. The summed E-state index contributed by atoms with van der Waals surface area (Å²) in [5.74, 6) is -1.09. The van der Waals surface area contributed by atoms with E-state index in [1.165, 1.54) is 6.20 Å². The quantitative estimate of drug-likeness (QED) is 0.514. The molecule has 10 heteroatoms. The molecule has 1 unspecified atom stereocenters. The zero-order chi connectivity index (χ0) is 22.3. The third kappa shape index (κ3) is 3.60. The summed E-state index contributed by atoms with van der Waals surface area (Å²) in [7, 11) is 1.99. The van der Waals surface area contributed by atoms with Crippen molar-refractivity contribution in [2.24, 2.45) is 0 Å². The second-order valence-corrected chi connectivity index (χ2v) is 8.47. The fraction of sp³-hybridized carbons (Fsp3) is 0.476. The molecule has 1 aromatic rings. The average Bonchev–Trinajstić information content (AvgIpc) is 3.25. The van der Waals surface area contributed by atoms with Gasteiger partial charge in [0.1, 0.15) is 17.5 Å². The molecule has 0 saturated carbocycles. The third-order valence-corrected chi connectivity index (χ3v) is 6.41. The van der Waals surface area contributed by atoms with Gasteiger partial charge < -0.3 is 24.4 Å². The first-order chi connectivity index (χ1) is 14.8. The monoisotopic (exact) mass is 446 g/mol. The van der Waals surface area contributed by atoms with Crippen LogP contribution in [0.1, 0.15) is 47.5 Å². The lowest BCUT2D eigenvalue weighted by molar-refractivity contribution is -0.0574. The second kappa shape index (κ2) is 8.22. The SMILES string of the molecule is C/C=C\C=C(/C)CNC(=O)c1cn2c(c(OP)c1=O)C(=O)N1C[C@]3(O)CCCN3[C@H]1C2. The molecule has 0 aliphatic carbocycles. The molecule has 3 atom stereocenters. The highest BCUT2D eigenvalue weighted by atomic mass is 31.0. The van der Waals surface area contributed by atoms with Gasteiger partial charge in [-0.15, -0.1) is 0 Å². The molecule has 31 heavy (non-hydrogen) atoms. The van der Waals surface area contributed by atoms with Crippen molar-refractivity contribution in [1.82, 2.24) is 19.7 Å². The van der Waals surface area contributed by atoms with E-state index >= 15 is 0 Å². The average molecular weight is 446 g/mol. The van der Waals surface area contributed by atoms with Crippen molar-refractivity contribution in [3.8, 4) is 5.75 Å². The van der Waals surface area contributed by atoms with Gasteiger partial charge in [0.25, 0.3) is 11.8 Å². The van der Waals surface area contributed by atoms with E-state index in [9.17, 15) is 19.5 Å². The summed E-state index contributed by atoms with van der Waals surface area (Å²) in [5, 5.41) is 13.7. The van der Waals surface area contributed by atoms with Crippen LogP contribution in [0.3, 0.4) is 0 Å². The standard InChI is InChI=1S/C21H27N4O5P/c1-3-4-6-13(2)9-22-19(27)14-10-23-11-15-24(12-21(29)7-5-8-25(15)21)20(28)16(23)18(30-31)17(14)26/h3-4,6,10,15,29H,5,7-9,11-12,31H2,1-2H3,(H,22,27)/b4-3-,13-6+/t15-,21+/m0/s1. The summed E-state index contributed by atoms with van der Waals surface area (Å²) in [6, 6.07) is 0. The Morgan fingerprint density at radius 1 is 1.45 bits per heavy atom. The Morgan fingerprint density at radius 3 is 2.94 bits per heavy atom. The summed E-state index contributed by atoms with van der Waals surface area (Å²) in [6.07, 6.45) is 8.19. The Bertz CT molecular complexity index is 1050. The van der Waals surface area contributed by atoms with E-state index in [2.05, 4.69) is 5.32 Å². The van der Waals surface area contributed by atoms with Crippen LogP contribution < -0.4 is 15.3 Å². The number of hydrogen-bond donors (Lipinski definition) is 2. The maximum Gasteiger partial charge on any atom is 0.275 e. The minimum absolute atomic E-state index is 0.0871. The van der Waals surface area contributed by atoms with Crippen LogP contribution in [0.25, 0.3) is 0 Å². The molecule has 4 heterocycles. The Morgan fingerprint density at radius 2 is 2.23 bits per heavy atom. The molecule has 3 aliphatic heterocycles. The lowest BCUT2D eigenvalue weighted by Crippen LogP contribution is -2.51. The highest BCUT2D eigenvalue weighted by Crippen LogP contribution is 2.40. The number of amides is 2. The molecule has 0 bridgehead atoms. The van der Waals surface area contributed by atoms with Gasteiger partial charge in [0.15, 0.2) is 11.4 Å². The summed E-state index contributed by atoms with van der Waals surface area (Å²) in [6.45, 7) is 5.29. The maximum absolute atomic E-state index is 13.2. The molecular weight excluding hydrogens is 419 g/mol. The molecule has 9 nitrogen and oxygen atoms in total. The van der Waals surface area contributed by atoms with Crippen LogP contribution in [0.15, 0.2) is 34.8 Å². The molecule has 2 fully saturated rings. The number of rotatable bonds is 5. The Kier molecular flexibility index (Phi) is 5.77. The van der Waals surface area contributed by atoms with Gasteiger partial charge in [0, 0.05) is 19.3 Å². The normalized spacial score (nSPS) is 25.5. The minimum atomic E-state index is -1.04. The molecule has 1 aromatic heterocycles. The summed E-state index contributed by atoms with van der Waals surface area (Å²) < 4.78 is 6.81. The predicted molar refractivity (Wildman–Crippen MR) is 118 cm³/mol. The number of pyridine rings is 1. The third-order valence-electron chi connectivity index (χ3n) is 6.18. The number of aliphatic hydroxyl groups is 1. The first-order valence-electron chi connectivity index (χ1n) is 10.3. The van der Waals surface area contributed by atoms with Gasteiger partial charge in [0.05, 0.1) is 22.6 Å². The van der Waals surface area contributed by atoms with Gasteiger partial charge in [0.2, 0.25) is 5.43 Å². The topological polar surface area (TPSA) is 104 Å². The highest BCUT2D eigenvalue weighted by molar-refractivity contribution is 7.10. The van der Waals surface area contributed by atoms with Crippen LogP contribution in [0.2, 0.25) is 0 Å². The number of allylic oxidation sites excluding steroid dienone is 3. The van der Waals surface area contributed by atoms with E-state index < -0.39 is 17.1 Å². The molecule has 2 saturated heterocycles. The lowest BCUT2D eigenvalue weighted by Gasteiger charge is -2.36. The van der Waals surface area contributed by atoms with Crippen molar-refractivity contribution in [3.05, 3.63) is 51.5 Å². The minimum Gasteiger partial charge on any atom is -0.474 e. The number of carbonyl (C=O) groups excluding carboxylic acids is 2. The van der Waals surface area contributed by atoms with Gasteiger partial charge >= 0.3 is 0 Å². The van der Waals surface area contributed by atoms with E-state index in [0.29, 0.717) is 19.5 Å². The smallest absolute Gasteiger partial charge is 0.275 e. The van der Waals surface area contributed by atoms with Crippen LogP contribution >= 0.6 is 9.47 Å². The van der Waals surface area contributed by atoms with Crippen molar-refractivity contribution in [2.45, 2.75) is 45.1 Å². The number of hydrogen-bond acceptors (Lipinski definition) is 6.